The number of carbonyl (C=O) groups excluding carboxylic acids is 1. The van der Waals surface area contributed by atoms with Crippen molar-refractivity contribution in [3.05, 3.63) is 24.5 Å². The van der Waals surface area contributed by atoms with Crippen LogP contribution in [0.2, 0.25) is 0 Å². The smallest absolute Gasteiger partial charge is 0.244 e. The molecule has 158 valence electrons. The van der Waals surface area contributed by atoms with Gasteiger partial charge in [0.1, 0.15) is 11.5 Å². The number of amides is 1. The highest BCUT2D eigenvalue weighted by molar-refractivity contribution is 6.00. The largest absolute Gasteiger partial charge is 0.370 e. The Morgan fingerprint density at radius 2 is 1.87 bits per heavy atom. The van der Waals surface area contributed by atoms with Gasteiger partial charge in [0.05, 0.1) is 24.6 Å². The zero-order chi connectivity index (χ0) is 20.5. The van der Waals surface area contributed by atoms with Crippen molar-refractivity contribution in [2.24, 2.45) is 5.92 Å². The van der Waals surface area contributed by atoms with E-state index in [1.54, 1.807) is 6.20 Å². The quantitative estimate of drug-likeness (QED) is 0.801. The summed E-state index contributed by atoms with van der Waals surface area (Å²) in [7, 11) is 0. The van der Waals surface area contributed by atoms with Crippen molar-refractivity contribution in [2.45, 2.75) is 51.5 Å². The summed E-state index contributed by atoms with van der Waals surface area (Å²) < 4.78 is 0. The summed E-state index contributed by atoms with van der Waals surface area (Å²) in [5.41, 5.74) is 1.85. The Morgan fingerprint density at radius 1 is 1.07 bits per heavy atom. The molecule has 2 N–H and O–H groups in total. The van der Waals surface area contributed by atoms with Gasteiger partial charge in [0, 0.05) is 19.1 Å². The Kier molecular flexibility index (Phi) is 5.14. The maximum Gasteiger partial charge on any atom is 0.244 e. The molecule has 5 rings (SSSR count). The minimum absolute atomic E-state index is 0.00284. The van der Waals surface area contributed by atoms with Gasteiger partial charge in [-0.25, -0.2) is 9.97 Å². The SMILES string of the molecule is CC1CCN(c2ccc(Nc3ncc4c(n3)N(C3CCCC3)CC(=O)N4)nc2)CC1. The Bertz CT molecular complexity index is 902. The average molecular weight is 408 g/mol. The summed E-state index contributed by atoms with van der Waals surface area (Å²) in [6.07, 6.45) is 10.7. The lowest BCUT2D eigenvalue weighted by molar-refractivity contribution is -0.115. The van der Waals surface area contributed by atoms with Crippen LogP contribution in [0.3, 0.4) is 0 Å². The predicted molar refractivity (Wildman–Crippen MR) is 118 cm³/mol. The van der Waals surface area contributed by atoms with Gasteiger partial charge < -0.3 is 20.4 Å². The molecule has 1 amide bonds. The second-order valence-corrected chi connectivity index (χ2v) is 8.74. The van der Waals surface area contributed by atoms with Crippen molar-refractivity contribution in [2.75, 3.05) is 40.1 Å². The lowest BCUT2D eigenvalue weighted by atomic mass is 9.99. The number of hydrogen-bond donors (Lipinski definition) is 2. The lowest BCUT2D eigenvalue weighted by Gasteiger charge is -2.34. The van der Waals surface area contributed by atoms with Crippen LogP contribution in [0.1, 0.15) is 45.4 Å². The van der Waals surface area contributed by atoms with E-state index in [2.05, 4.69) is 43.4 Å². The van der Waals surface area contributed by atoms with Gasteiger partial charge in [-0.3, -0.25) is 4.79 Å². The van der Waals surface area contributed by atoms with Crippen LogP contribution in [0.15, 0.2) is 24.5 Å². The Morgan fingerprint density at radius 3 is 2.60 bits per heavy atom. The molecule has 0 bridgehead atoms. The van der Waals surface area contributed by atoms with Gasteiger partial charge in [0.2, 0.25) is 11.9 Å². The molecule has 30 heavy (non-hydrogen) atoms. The summed E-state index contributed by atoms with van der Waals surface area (Å²) >= 11 is 0. The van der Waals surface area contributed by atoms with Crippen LogP contribution in [-0.2, 0) is 4.79 Å². The Hall–Kier alpha value is -2.90. The number of nitrogens with one attached hydrogen (secondary N) is 2. The first-order chi connectivity index (χ1) is 14.7. The summed E-state index contributed by atoms with van der Waals surface area (Å²) in [4.78, 5) is 30.3. The van der Waals surface area contributed by atoms with Crippen LogP contribution in [0.25, 0.3) is 0 Å². The van der Waals surface area contributed by atoms with E-state index in [-0.39, 0.29) is 5.91 Å². The molecule has 2 aromatic rings. The molecule has 0 radical (unpaired) electrons. The maximum atomic E-state index is 12.1. The van der Waals surface area contributed by atoms with E-state index in [9.17, 15) is 4.79 Å². The molecule has 0 spiro atoms. The highest BCUT2D eigenvalue weighted by atomic mass is 16.2. The molecule has 1 aliphatic carbocycles. The third kappa shape index (κ3) is 3.91. The zero-order valence-electron chi connectivity index (χ0n) is 17.5. The molecule has 4 heterocycles. The van der Waals surface area contributed by atoms with Crippen LogP contribution < -0.4 is 20.4 Å². The van der Waals surface area contributed by atoms with Gasteiger partial charge in [0.25, 0.3) is 0 Å². The molecule has 0 atom stereocenters. The number of fused-ring (bicyclic) bond motifs is 1. The monoisotopic (exact) mass is 407 g/mol. The fourth-order valence-corrected chi connectivity index (χ4v) is 4.71. The molecule has 8 heteroatoms. The number of piperidine rings is 1. The summed E-state index contributed by atoms with van der Waals surface area (Å²) in [5.74, 6) is 2.84. The number of carbonyl (C=O) groups is 1. The number of hydrogen-bond acceptors (Lipinski definition) is 7. The third-order valence-electron chi connectivity index (χ3n) is 6.53. The van der Waals surface area contributed by atoms with Gasteiger partial charge >= 0.3 is 0 Å². The van der Waals surface area contributed by atoms with E-state index in [1.165, 1.54) is 25.7 Å². The van der Waals surface area contributed by atoms with Crippen molar-refractivity contribution < 1.29 is 4.79 Å². The van der Waals surface area contributed by atoms with Crippen molar-refractivity contribution in [1.82, 2.24) is 15.0 Å². The fraction of sp³-hybridized carbons (Fsp3) is 0.545. The van der Waals surface area contributed by atoms with Crippen LogP contribution >= 0.6 is 0 Å². The molecule has 1 saturated carbocycles. The number of aromatic nitrogens is 3. The van der Waals surface area contributed by atoms with Gasteiger partial charge in [-0.15, -0.1) is 0 Å². The van der Waals surface area contributed by atoms with Crippen LogP contribution in [0.4, 0.5) is 29.0 Å². The standard InChI is InChI=1S/C22H29N7O/c1-15-8-10-28(11-9-15)17-6-7-19(23-12-17)26-22-24-13-18-21(27-22)29(14-20(30)25-18)16-4-2-3-5-16/h6-7,12-13,15-16H,2-5,8-11,14H2,1H3,(H,25,30)(H,23,24,26,27). The minimum atomic E-state index is 0.00284. The molecular formula is C22H29N7O. The second kappa shape index (κ2) is 8.08. The molecule has 3 aliphatic rings. The first-order valence-electron chi connectivity index (χ1n) is 11.1. The number of nitrogens with zero attached hydrogens (tertiary/aromatic N) is 5. The van der Waals surface area contributed by atoms with Crippen molar-refractivity contribution in [3.63, 3.8) is 0 Å². The molecule has 2 fully saturated rings. The minimum Gasteiger partial charge on any atom is -0.370 e. The molecule has 0 aromatic carbocycles. The van der Waals surface area contributed by atoms with Crippen molar-refractivity contribution in [1.29, 1.82) is 0 Å². The van der Waals surface area contributed by atoms with Gasteiger partial charge in [-0.1, -0.05) is 19.8 Å². The maximum absolute atomic E-state index is 12.1. The number of pyridine rings is 1. The molecule has 1 saturated heterocycles. The van der Waals surface area contributed by atoms with Gasteiger partial charge in [-0.2, -0.15) is 4.98 Å². The summed E-state index contributed by atoms with van der Waals surface area (Å²) in [5, 5.41) is 6.12. The van der Waals surface area contributed by atoms with Crippen LogP contribution in [-0.4, -0.2) is 46.5 Å². The summed E-state index contributed by atoms with van der Waals surface area (Å²) in [6.45, 7) is 4.86. The van der Waals surface area contributed by atoms with Crippen molar-refractivity contribution >= 4 is 34.9 Å². The summed E-state index contributed by atoms with van der Waals surface area (Å²) in [6, 6.07) is 4.46. The van der Waals surface area contributed by atoms with E-state index >= 15 is 0 Å². The molecule has 2 aromatic heterocycles. The molecule has 2 aliphatic heterocycles. The van der Waals surface area contributed by atoms with E-state index in [0.717, 1.165) is 49.2 Å². The Labute approximate surface area is 177 Å². The zero-order valence-corrected chi connectivity index (χ0v) is 17.5. The lowest BCUT2D eigenvalue weighted by Crippen LogP contribution is -2.44. The number of rotatable bonds is 4. The fourth-order valence-electron chi connectivity index (χ4n) is 4.71. The normalized spacial score (nSPS) is 20.2. The van der Waals surface area contributed by atoms with Crippen LogP contribution in [0.5, 0.6) is 0 Å². The Balaban J connectivity index is 1.32. The van der Waals surface area contributed by atoms with E-state index in [0.29, 0.717) is 24.2 Å². The van der Waals surface area contributed by atoms with E-state index < -0.39 is 0 Å². The second-order valence-electron chi connectivity index (χ2n) is 8.74. The average Bonchev–Trinajstić information content (AvgIpc) is 3.29. The topological polar surface area (TPSA) is 86.3 Å². The first kappa shape index (κ1) is 19.1. The molecular weight excluding hydrogens is 378 g/mol. The van der Waals surface area contributed by atoms with Gasteiger partial charge in [0.15, 0.2) is 5.82 Å². The predicted octanol–water partition coefficient (Wildman–Crippen LogP) is 3.55. The van der Waals surface area contributed by atoms with Crippen molar-refractivity contribution in [3.8, 4) is 0 Å². The van der Waals surface area contributed by atoms with E-state index in [1.807, 2.05) is 12.3 Å². The number of anilines is 5. The van der Waals surface area contributed by atoms with Crippen LogP contribution in [0, 0.1) is 5.92 Å². The highest BCUT2D eigenvalue weighted by Gasteiger charge is 2.31. The molecule has 8 nitrogen and oxygen atoms in total. The van der Waals surface area contributed by atoms with E-state index in [4.69, 9.17) is 4.98 Å². The highest BCUT2D eigenvalue weighted by Crippen LogP contribution is 2.34. The first-order valence-corrected chi connectivity index (χ1v) is 11.1. The third-order valence-corrected chi connectivity index (χ3v) is 6.53. The van der Waals surface area contributed by atoms with Gasteiger partial charge in [-0.05, 0) is 43.7 Å². The molecule has 0 unspecified atom stereocenters.